The van der Waals surface area contributed by atoms with Crippen molar-refractivity contribution in [1.29, 1.82) is 0 Å². The van der Waals surface area contributed by atoms with Gasteiger partial charge < -0.3 is 9.72 Å². The van der Waals surface area contributed by atoms with Gasteiger partial charge in [-0.25, -0.2) is 9.59 Å². The molecule has 0 aliphatic carbocycles. The van der Waals surface area contributed by atoms with Gasteiger partial charge in [-0.3, -0.25) is 9.78 Å². The minimum atomic E-state index is -0.988. The van der Waals surface area contributed by atoms with Gasteiger partial charge in [-0.05, 0) is 12.1 Å². The first-order valence-corrected chi connectivity index (χ1v) is 6.16. The molecule has 0 saturated heterocycles. The minimum absolute atomic E-state index is 0.0384. The van der Waals surface area contributed by atoms with Crippen molar-refractivity contribution in [3.05, 3.63) is 44.6 Å². The van der Waals surface area contributed by atoms with E-state index in [0.717, 1.165) is 0 Å². The molecule has 19 heavy (non-hydrogen) atoms. The van der Waals surface area contributed by atoms with Gasteiger partial charge in [0.2, 0.25) is 0 Å². The molecule has 0 aliphatic heterocycles. The van der Waals surface area contributed by atoms with Crippen LogP contribution < -0.4 is 11.2 Å². The van der Waals surface area contributed by atoms with Gasteiger partial charge in [0.1, 0.15) is 0 Å². The molecule has 2 aromatic rings. The number of para-hydroxylation sites is 1. The third-order valence-electron chi connectivity index (χ3n) is 2.35. The van der Waals surface area contributed by atoms with E-state index >= 15 is 0 Å². The van der Waals surface area contributed by atoms with Crippen molar-refractivity contribution in [2.24, 2.45) is 0 Å². The molecule has 0 fully saturated rings. The zero-order valence-corrected chi connectivity index (χ0v) is 10.9. The fourth-order valence-electron chi connectivity index (χ4n) is 1.57. The number of esters is 1. The van der Waals surface area contributed by atoms with Crippen molar-refractivity contribution in [2.45, 2.75) is 5.56 Å². The van der Waals surface area contributed by atoms with E-state index in [1.165, 1.54) is 18.2 Å². The molecule has 1 heterocycles. The van der Waals surface area contributed by atoms with E-state index in [-0.39, 0.29) is 22.3 Å². The summed E-state index contributed by atoms with van der Waals surface area (Å²) >= 11 is 11.0. The third-order valence-corrected chi connectivity index (χ3v) is 3.03. The lowest BCUT2D eigenvalue weighted by Crippen LogP contribution is -2.23. The summed E-state index contributed by atoms with van der Waals surface area (Å²) in [6, 6.07) is 4.38. The highest BCUT2D eigenvalue weighted by molar-refractivity contribution is 6.27. The first kappa shape index (κ1) is 13.6. The van der Waals surface area contributed by atoms with Crippen LogP contribution in [0.25, 0.3) is 10.9 Å². The summed E-state index contributed by atoms with van der Waals surface area (Å²) in [4.78, 5) is 39.1. The molecule has 6 nitrogen and oxygen atoms in total. The van der Waals surface area contributed by atoms with Gasteiger partial charge in [0.25, 0.3) is 5.56 Å². The molecule has 0 bridgehead atoms. The predicted molar refractivity (Wildman–Crippen MR) is 71.0 cm³/mol. The first-order valence-electron chi connectivity index (χ1n) is 5.19. The molecule has 2 N–H and O–H groups in total. The number of aromatic amines is 2. The van der Waals surface area contributed by atoms with E-state index in [1.54, 1.807) is 0 Å². The largest absolute Gasteiger partial charge is 0.441 e. The molecule has 1 aromatic carbocycles. The van der Waals surface area contributed by atoms with Gasteiger partial charge in [-0.1, -0.05) is 17.7 Å². The summed E-state index contributed by atoms with van der Waals surface area (Å²) in [6.45, 7) is 0. The van der Waals surface area contributed by atoms with Gasteiger partial charge in [0, 0.05) is 0 Å². The van der Waals surface area contributed by atoms with Crippen molar-refractivity contribution in [1.82, 2.24) is 9.97 Å². The molecule has 8 heteroatoms. The molecule has 2 rings (SSSR count). The van der Waals surface area contributed by atoms with Crippen LogP contribution >= 0.6 is 23.2 Å². The minimum Gasteiger partial charge on any atom is -0.441 e. The number of nitrogens with one attached hydrogen (secondary N) is 2. The maximum atomic E-state index is 11.9. The Bertz CT molecular complexity index is 737. The lowest BCUT2D eigenvalue weighted by molar-refractivity contribution is 0.0478. The Hall–Kier alpha value is -1.79. The lowest BCUT2D eigenvalue weighted by Gasteiger charge is -2.09. The Morgan fingerprint density at radius 1 is 1.32 bits per heavy atom. The van der Waals surface area contributed by atoms with E-state index in [4.69, 9.17) is 27.9 Å². The number of fused-ring (bicyclic) bond motifs is 1. The number of carbonyl (C=O) groups excluding carboxylic acids is 1. The zero-order chi connectivity index (χ0) is 14.0. The van der Waals surface area contributed by atoms with E-state index < -0.39 is 22.8 Å². The monoisotopic (exact) mass is 302 g/mol. The van der Waals surface area contributed by atoms with Crippen LogP contribution in [0, 0.1) is 0 Å². The second-order valence-corrected chi connectivity index (χ2v) is 4.40. The molecule has 1 aromatic heterocycles. The zero-order valence-electron chi connectivity index (χ0n) is 9.41. The van der Waals surface area contributed by atoms with Crippen LogP contribution in [0.4, 0.5) is 0 Å². The van der Waals surface area contributed by atoms with Gasteiger partial charge in [-0.2, -0.15) is 0 Å². The molecule has 0 aliphatic rings. The molecule has 0 amide bonds. The number of rotatable bonds is 3. The van der Waals surface area contributed by atoms with Gasteiger partial charge in [0.05, 0.1) is 22.3 Å². The van der Waals surface area contributed by atoms with Crippen molar-refractivity contribution in [3.63, 3.8) is 0 Å². The number of aromatic nitrogens is 2. The van der Waals surface area contributed by atoms with Crippen LogP contribution in [0.3, 0.4) is 0 Å². The second-order valence-electron chi connectivity index (χ2n) is 3.61. The fourth-order valence-corrected chi connectivity index (χ4v) is 1.72. The maximum Gasteiger partial charge on any atom is 0.341 e. The van der Waals surface area contributed by atoms with E-state index in [0.29, 0.717) is 0 Å². The summed E-state index contributed by atoms with van der Waals surface area (Å²) in [5, 5.41) is 0.172. The Kier molecular flexibility index (Phi) is 3.92. The molecule has 100 valence electrons. The van der Waals surface area contributed by atoms with Crippen molar-refractivity contribution < 1.29 is 9.53 Å². The van der Waals surface area contributed by atoms with Crippen molar-refractivity contribution in [2.75, 3.05) is 5.88 Å². The third kappa shape index (κ3) is 2.80. The summed E-state index contributed by atoms with van der Waals surface area (Å²) in [7, 11) is 0. The van der Waals surface area contributed by atoms with E-state index in [2.05, 4.69) is 9.97 Å². The van der Waals surface area contributed by atoms with E-state index in [9.17, 15) is 14.4 Å². The van der Waals surface area contributed by atoms with Crippen LogP contribution in [0.5, 0.6) is 0 Å². The molecule has 1 atom stereocenters. The Labute approximate surface area is 116 Å². The molecule has 0 spiro atoms. The number of halogens is 2. The Morgan fingerprint density at radius 2 is 2.05 bits per heavy atom. The number of alkyl halides is 2. The van der Waals surface area contributed by atoms with Gasteiger partial charge in [0.15, 0.2) is 5.56 Å². The Balaban J connectivity index is 2.58. The Morgan fingerprint density at radius 3 is 2.74 bits per heavy atom. The summed E-state index contributed by atoms with van der Waals surface area (Å²) in [5.41, 5.74) is -2.15. The molecular formula is C11H8Cl2N2O4. The molecule has 1 unspecified atom stereocenters. The van der Waals surface area contributed by atoms with Crippen LogP contribution in [0.15, 0.2) is 27.8 Å². The number of hydrogen-bond donors (Lipinski definition) is 2. The molecular weight excluding hydrogens is 295 g/mol. The van der Waals surface area contributed by atoms with Gasteiger partial charge >= 0.3 is 11.7 Å². The highest BCUT2D eigenvalue weighted by atomic mass is 35.5. The van der Waals surface area contributed by atoms with Crippen LogP contribution in [-0.4, -0.2) is 27.4 Å². The molecule has 0 saturated carbocycles. The van der Waals surface area contributed by atoms with Crippen molar-refractivity contribution >= 4 is 40.1 Å². The number of ether oxygens (including phenoxy) is 1. The number of H-pyrrole nitrogens is 2. The van der Waals surface area contributed by atoms with Crippen molar-refractivity contribution in [3.8, 4) is 0 Å². The van der Waals surface area contributed by atoms with Crippen LogP contribution in [0.1, 0.15) is 10.4 Å². The quantitative estimate of drug-likeness (QED) is 0.658. The predicted octanol–water partition coefficient (Wildman–Crippen LogP) is 1.18. The van der Waals surface area contributed by atoms with Crippen LogP contribution in [-0.2, 0) is 4.74 Å². The van der Waals surface area contributed by atoms with Gasteiger partial charge in [-0.15, -0.1) is 11.6 Å². The standard InChI is InChI=1S/C11H8Cl2N2O4/c12-4-7(13)19-10(17)6-3-1-2-5-8(6)14-11(18)15-9(5)16/h1-3,7H,4H2,(H2,14,15,16,18). The number of carbonyl (C=O) groups is 1. The summed E-state index contributed by atoms with van der Waals surface area (Å²) in [6.07, 6.45) is 0. The smallest absolute Gasteiger partial charge is 0.341 e. The normalized spacial score (nSPS) is 12.3. The molecule has 0 radical (unpaired) electrons. The topological polar surface area (TPSA) is 92.0 Å². The van der Waals surface area contributed by atoms with E-state index in [1.807, 2.05) is 0 Å². The SMILES string of the molecule is O=C(OC(Cl)CCl)c1cccc2c(=O)[nH]c(=O)[nH]c12. The van der Waals surface area contributed by atoms with Crippen LogP contribution in [0.2, 0.25) is 0 Å². The number of hydrogen-bond acceptors (Lipinski definition) is 4. The summed E-state index contributed by atoms with van der Waals surface area (Å²) < 4.78 is 4.83. The average Bonchev–Trinajstić information content (AvgIpc) is 2.37. The highest BCUT2D eigenvalue weighted by Crippen LogP contribution is 2.15. The number of benzene rings is 1. The second kappa shape index (κ2) is 5.46. The summed E-state index contributed by atoms with van der Waals surface area (Å²) in [5.74, 6) is -0.845. The fraction of sp³-hybridized carbons (Fsp3) is 0.182. The highest BCUT2D eigenvalue weighted by Gasteiger charge is 2.17. The average molecular weight is 303 g/mol. The lowest BCUT2D eigenvalue weighted by atomic mass is 10.1. The maximum absolute atomic E-state index is 11.9. The first-order chi connectivity index (χ1) is 9.02.